The standard InChI is InChI=1S/C8H14F3NO3/c1-7(2,3)12(6(14)15)5(4-13)8(9,10)11/h5,13H,4H2,1-3H3,(H,14,15). The third-order valence-electron chi connectivity index (χ3n) is 1.79. The minimum atomic E-state index is -4.78. The lowest BCUT2D eigenvalue weighted by Gasteiger charge is -2.39. The van der Waals surface area contributed by atoms with Crippen LogP contribution < -0.4 is 0 Å². The summed E-state index contributed by atoms with van der Waals surface area (Å²) in [6.45, 7) is 2.70. The first-order valence-corrected chi connectivity index (χ1v) is 4.21. The van der Waals surface area contributed by atoms with Crippen molar-refractivity contribution in [3.63, 3.8) is 0 Å². The molecule has 1 atom stereocenters. The number of rotatable bonds is 2. The number of hydrogen-bond acceptors (Lipinski definition) is 2. The summed E-state index contributed by atoms with van der Waals surface area (Å²) >= 11 is 0. The van der Waals surface area contributed by atoms with Crippen molar-refractivity contribution in [3.8, 4) is 0 Å². The Balaban J connectivity index is 5.15. The summed E-state index contributed by atoms with van der Waals surface area (Å²) in [7, 11) is 0. The van der Waals surface area contributed by atoms with Gasteiger partial charge in [0.05, 0.1) is 6.61 Å². The first-order valence-electron chi connectivity index (χ1n) is 4.21. The van der Waals surface area contributed by atoms with Crippen LogP contribution in [0.25, 0.3) is 0 Å². The molecule has 4 nitrogen and oxygen atoms in total. The molecule has 0 saturated heterocycles. The van der Waals surface area contributed by atoms with Gasteiger partial charge in [0, 0.05) is 5.54 Å². The molecule has 1 amide bonds. The fraction of sp³-hybridized carbons (Fsp3) is 0.875. The van der Waals surface area contributed by atoms with E-state index in [1.54, 1.807) is 0 Å². The molecular formula is C8H14F3NO3. The zero-order valence-electron chi connectivity index (χ0n) is 8.67. The van der Waals surface area contributed by atoms with Crippen molar-refractivity contribution >= 4 is 6.09 Å². The maximum atomic E-state index is 12.4. The lowest BCUT2D eigenvalue weighted by molar-refractivity contribution is -0.197. The molecule has 0 aliphatic rings. The van der Waals surface area contributed by atoms with Crippen LogP contribution in [0.15, 0.2) is 0 Å². The Kier molecular flexibility index (Phi) is 3.98. The summed E-state index contributed by atoms with van der Waals surface area (Å²) in [5.41, 5.74) is -1.23. The smallest absolute Gasteiger partial charge is 0.411 e. The average molecular weight is 229 g/mol. The largest absolute Gasteiger partial charge is 0.465 e. The number of carboxylic acid groups (broad SMARTS) is 1. The van der Waals surface area contributed by atoms with Gasteiger partial charge < -0.3 is 10.2 Å². The number of hydrogen-bond donors (Lipinski definition) is 2. The number of amides is 1. The van der Waals surface area contributed by atoms with Crippen LogP contribution in [0.4, 0.5) is 18.0 Å². The highest BCUT2D eigenvalue weighted by atomic mass is 19.4. The molecule has 1 unspecified atom stereocenters. The molecule has 0 aromatic heterocycles. The Labute approximate surface area is 85.3 Å². The minimum Gasteiger partial charge on any atom is -0.465 e. The molecule has 0 radical (unpaired) electrons. The van der Waals surface area contributed by atoms with E-state index in [-0.39, 0.29) is 4.90 Å². The second-order valence-corrected chi connectivity index (χ2v) is 4.06. The van der Waals surface area contributed by atoms with Crippen molar-refractivity contribution in [1.29, 1.82) is 0 Å². The van der Waals surface area contributed by atoms with E-state index in [2.05, 4.69) is 0 Å². The molecule has 0 bridgehead atoms. The molecule has 0 aliphatic heterocycles. The highest BCUT2D eigenvalue weighted by Gasteiger charge is 2.48. The number of aliphatic hydroxyl groups excluding tert-OH is 1. The summed E-state index contributed by atoms with van der Waals surface area (Å²) in [6, 6.07) is -2.39. The first-order chi connectivity index (χ1) is 6.51. The quantitative estimate of drug-likeness (QED) is 0.757. The Morgan fingerprint density at radius 3 is 1.80 bits per heavy atom. The predicted octanol–water partition coefficient (Wildman–Crippen LogP) is 1.69. The summed E-state index contributed by atoms with van der Waals surface area (Å²) in [5.74, 6) is 0. The van der Waals surface area contributed by atoms with Crippen molar-refractivity contribution in [2.24, 2.45) is 0 Å². The lowest BCUT2D eigenvalue weighted by atomic mass is 10.0. The van der Waals surface area contributed by atoms with Crippen molar-refractivity contribution in [3.05, 3.63) is 0 Å². The van der Waals surface area contributed by atoms with E-state index in [4.69, 9.17) is 10.2 Å². The van der Waals surface area contributed by atoms with Gasteiger partial charge in [-0.15, -0.1) is 0 Å². The second kappa shape index (κ2) is 4.26. The molecule has 0 spiro atoms. The number of nitrogens with zero attached hydrogens (tertiary/aromatic N) is 1. The van der Waals surface area contributed by atoms with Crippen LogP contribution in [0.1, 0.15) is 20.8 Å². The number of carbonyl (C=O) groups is 1. The number of alkyl halides is 3. The summed E-state index contributed by atoms with van der Waals surface area (Å²) in [5, 5.41) is 17.3. The lowest BCUT2D eigenvalue weighted by Crippen LogP contribution is -2.58. The summed E-state index contributed by atoms with van der Waals surface area (Å²) < 4.78 is 37.2. The van der Waals surface area contributed by atoms with E-state index in [0.29, 0.717) is 0 Å². The minimum absolute atomic E-state index is 0.201. The Hall–Kier alpha value is -0.980. The molecule has 0 heterocycles. The van der Waals surface area contributed by atoms with Gasteiger partial charge in [-0.2, -0.15) is 13.2 Å². The molecule has 90 valence electrons. The fourth-order valence-electron chi connectivity index (χ4n) is 1.22. The topological polar surface area (TPSA) is 60.8 Å². The average Bonchev–Trinajstić information content (AvgIpc) is 1.93. The monoisotopic (exact) mass is 229 g/mol. The molecular weight excluding hydrogens is 215 g/mol. The van der Waals surface area contributed by atoms with Crippen molar-refractivity contribution in [2.75, 3.05) is 6.61 Å². The van der Waals surface area contributed by atoms with Crippen LogP contribution in [-0.4, -0.2) is 45.6 Å². The van der Waals surface area contributed by atoms with Gasteiger partial charge in [0.2, 0.25) is 0 Å². The zero-order chi connectivity index (χ0) is 12.4. The summed E-state index contributed by atoms with van der Waals surface area (Å²) in [4.78, 5) is 10.9. The van der Waals surface area contributed by atoms with E-state index >= 15 is 0 Å². The Bertz CT molecular complexity index is 234. The van der Waals surface area contributed by atoms with Crippen LogP contribution >= 0.6 is 0 Å². The maximum Gasteiger partial charge on any atom is 0.411 e. The van der Waals surface area contributed by atoms with E-state index in [0.717, 1.165) is 0 Å². The number of aliphatic hydroxyl groups is 1. The Morgan fingerprint density at radius 1 is 1.33 bits per heavy atom. The molecule has 0 aromatic carbocycles. The molecule has 15 heavy (non-hydrogen) atoms. The van der Waals surface area contributed by atoms with Crippen molar-refractivity contribution < 1.29 is 28.2 Å². The third-order valence-corrected chi connectivity index (χ3v) is 1.79. The molecule has 0 aliphatic carbocycles. The zero-order valence-corrected chi connectivity index (χ0v) is 8.67. The van der Waals surface area contributed by atoms with Gasteiger partial charge in [0.15, 0.2) is 6.04 Å². The van der Waals surface area contributed by atoms with Gasteiger partial charge in [0.1, 0.15) is 0 Å². The molecule has 0 rings (SSSR count). The van der Waals surface area contributed by atoms with Crippen molar-refractivity contribution in [1.82, 2.24) is 4.90 Å². The maximum absolute atomic E-state index is 12.4. The van der Waals surface area contributed by atoms with Gasteiger partial charge >= 0.3 is 12.3 Å². The number of halogens is 3. The van der Waals surface area contributed by atoms with Crippen LogP contribution in [0, 0.1) is 0 Å². The van der Waals surface area contributed by atoms with Gasteiger partial charge in [-0.25, -0.2) is 4.79 Å². The molecule has 0 saturated carbocycles. The molecule has 0 fully saturated rings. The fourth-order valence-corrected chi connectivity index (χ4v) is 1.22. The van der Waals surface area contributed by atoms with Gasteiger partial charge in [-0.05, 0) is 20.8 Å². The van der Waals surface area contributed by atoms with E-state index < -0.39 is 30.5 Å². The van der Waals surface area contributed by atoms with Gasteiger partial charge in [0.25, 0.3) is 0 Å². The molecule has 2 N–H and O–H groups in total. The molecule has 7 heteroatoms. The third kappa shape index (κ3) is 3.58. The van der Waals surface area contributed by atoms with E-state index in [9.17, 15) is 18.0 Å². The summed E-state index contributed by atoms with van der Waals surface area (Å²) in [6.07, 6.45) is -6.49. The normalized spacial score (nSPS) is 14.9. The van der Waals surface area contributed by atoms with E-state index in [1.165, 1.54) is 20.8 Å². The van der Waals surface area contributed by atoms with Crippen LogP contribution in [0.2, 0.25) is 0 Å². The predicted molar refractivity (Wildman–Crippen MR) is 46.5 cm³/mol. The van der Waals surface area contributed by atoms with E-state index in [1.807, 2.05) is 0 Å². The van der Waals surface area contributed by atoms with Gasteiger partial charge in [-0.1, -0.05) is 0 Å². The first kappa shape index (κ1) is 14.0. The van der Waals surface area contributed by atoms with Gasteiger partial charge in [-0.3, -0.25) is 4.90 Å². The SMILES string of the molecule is CC(C)(C)N(C(=O)O)C(CO)C(F)(F)F. The van der Waals surface area contributed by atoms with Crippen LogP contribution in [0.5, 0.6) is 0 Å². The van der Waals surface area contributed by atoms with Crippen molar-refractivity contribution in [2.45, 2.75) is 38.5 Å². The van der Waals surface area contributed by atoms with Crippen LogP contribution in [0.3, 0.4) is 0 Å². The highest BCUT2D eigenvalue weighted by Crippen LogP contribution is 2.29. The van der Waals surface area contributed by atoms with Crippen LogP contribution in [-0.2, 0) is 0 Å². The Morgan fingerprint density at radius 2 is 1.73 bits per heavy atom. The molecule has 0 aromatic rings. The second-order valence-electron chi connectivity index (χ2n) is 4.06. The highest BCUT2D eigenvalue weighted by molar-refractivity contribution is 5.66.